The van der Waals surface area contributed by atoms with Crippen LogP contribution in [0.2, 0.25) is 15.1 Å². The molecule has 11 heteroatoms. The van der Waals surface area contributed by atoms with Gasteiger partial charge in [0.25, 0.3) is 0 Å². The maximum atomic E-state index is 12.8. The molecule has 0 fully saturated rings. The lowest BCUT2D eigenvalue weighted by Gasteiger charge is -2.09. The van der Waals surface area contributed by atoms with Crippen LogP contribution >= 0.6 is 57.9 Å². The molecule has 1 heterocycles. The fourth-order valence-corrected chi connectivity index (χ4v) is 6.83. The van der Waals surface area contributed by atoms with Gasteiger partial charge in [-0.3, -0.25) is 9.36 Å². The van der Waals surface area contributed by atoms with Crippen molar-refractivity contribution in [2.24, 2.45) is 0 Å². The Morgan fingerprint density at radius 1 is 0.941 bits per heavy atom. The maximum Gasteiger partial charge on any atom is 0.308 e. The van der Waals surface area contributed by atoms with Crippen LogP contribution in [0.25, 0.3) is 10.2 Å². The van der Waals surface area contributed by atoms with E-state index in [0.717, 1.165) is 22.5 Å². The lowest BCUT2D eigenvalue weighted by atomic mass is 10.2. The van der Waals surface area contributed by atoms with Crippen LogP contribution in [-0.2, 0) is 22.3 Å². The van der Waals surface area contributed by atoms with Crippen LogP contribution in [0, 0.1) is 0 Å². The summed E-state index contributed by atoms with van der Waals surface area (Å²) < 4.78 is 30.4. The molecule has 5 nitrogen and oxygen atoms in total. The molecule has 0 atom stereocenters. The van der Waals surface area contributed by atoms with Crippen molar-refractivity contribution in [1.29, 1.82) is 0 Å². The van der Waals surface area contributed by atoms with E-state index < -0.39 is 10.0 Å². The summed E-state index contributed by atoms with van der Waals surface area (Å²) in [6, 6.07) is 17.5. The van der Waals surface area contributed by atoms with Crippen LogP contribution in [0.5, 0.6) is 0 Å². The Balaban J connectivity index is 1.40. The monoisotopic (exact) mass is 572 g/mol. The van der Waals surface area contributed by atoms with E-state index in [0.29, 0.717) is 43.3 Å². The SMILES string of the molecule is O=c1sc2cc(S(=O)(=O)NCCSCc3ccc(Cl)c(Cl)c3)ccc2n1Cc1ccccc1Cl. The molecule has 178 valence electrons. The molecule has 4 aromatic rings. The number of thiazole rings is 1. The first kappa shape index (κ1) is 25.6. The average molecular weight is 574 g/mol. The van der Waals surface area contributed by atoms with E-state index >= 15 is 0 Å². The predicted octanol–water partition coefficient (Wildman–Crippen LogP) is 6.28. The summed E-state index contributed by atoms with van der Waals surface area (Å²) in [5.74, 6) is 1.28. The van der Waals surface area contributed by atoms with Crippen molar-refractivity contribution in [1.82, 2.24) is 9.29 Å². The van der Waals surface area contributed by atoms with Crippen molar-refractivity contribution in [3.8, 4) is 0 Å². The zero-order valence-electron chi connectivity index (χ0n) is 17.6. The van der Waals surface area contributed by atoms with Gasteiger partial charge in [-0.25, -0.2) is 13.1 Å². The number of thioether (sulfide) groups is 1. The fraction of sp³-hybridized carbons (Fsp3) is 0.174. The van der Waals surface area contributed by atoms with E-state index in [-0.39, 0.29) is 16.3 Å². The molecule has 0 unspecified atom stereocenters. The number of nitrogens with zero attached hydrogens (tertiary/aromatic N) is 1. The second-order valence-corrected chi connectivity index (χ2v) is 12.5. The average Bonchev–Trinajstić information content (AvgIpc) is 3.11. The molecule has 0 saturated heterocycles. The first-order valence-corrected chi connectivity index (χ1v) is 14.7. The molecule has 1 aromatic heterocycles. The van der Waals surface area contributed by atoms with Crippen LogP contribution in [0.15, 0.2) is 70.4 Å². The van der Waals surface area contributed by atoms with Crippen LogP contribution < -0.4 is 9.60 Å². The first-order chi connectivity index (χ1) is 16.2. The number of hydrogen-bond acceptors (Lipinski definition) is 5. The molecule has 4 rings (SSSR count). The molecule has 0 aliphatic heterocycles. The highest BCUT2D eigenvalue weighted by atomic mass is 35.5. The number of aromatic nitrogens is 1. The highest BCUT2D eigenvalue weighted by molar-refractivity contribution is 7.98. The Morgan fingerprint density at radius 2 is 1.74 bits per heavy atom. The summed E-state index contributed by atoms with van der Waals surface area (Å²) in [6.07, 6.45) is 0. The molecule has 0 saturated carbocycles. The standard InChI is InChI=1S/C23H19Cl3N2O3S3/c24-18-4-2-1-3-16(18)13-28-21-8-6-17(12-22(21)33-23(28)29)34(30,31)27-9-10-32-14-15-5-7-19(25)20(26)11-15/h1-8,11-12,27H,9-10,13-14H2. The van der Waals surface area contributed by atoms with Crippen molar-refractivity contribution in [2.75, 3.05) is 12.3 Å². The molecule has 0 aliphatic rings. The van der Waals surface area contributed by atoms with E-state index in [2.05, 4.69) is 4.72 Å². The highest BCUT2D eigenvalue weighted by Crippen LogP contribution is 2.26. The van der Waals surface area contributed by atoms with Gasteiger partial charge in [0.15, 0.2) is 0 Å². The van der Waals surface area contributed by atoms with Crippen molar-refractivity contribution in [2.45, 2.75) is 17.2 Å². The smallest absolute Gasteiger partial charge is 0.294 e. The third kappa shape index (κ3) is 5.99. The van der Waals surface area contributed by atoms with Gasteiger partial charge in [-0.15, -0.1) is 0 Å². The molecule has 34 heavy (non-hydrogen) atoms. The minimum Gasteiger partial charge on any atom is -0.294 e. The van der Waals surface area contributed by atoms with Gasteiger partial charge in [-0.05, 0) is 47.5 Å². The molecule has 1 N–H and O–H groups in total. The van der Waals surface area contributed by atoms with Gasteiger partial charge in [0.1, 0.15) is 0 Å². The Morgan fingerprint density at radius 3 is 2.50 bits per heavy atom. The van der Waals surface area contributed by atoms with Gasteiger partial charge < -0.3 is 0 Å². The van der Waals surface area contributed by atoms with Gasteiger partial charge >= 0.3 is 4.87 Å². The van der Waals surface area contributed by atoms with Crippen molar-refractivity contribution in [3.63, 3.8) is 0 Å². The van der Waals surface area contributed by atoms with Crippen molar-refractivity contribution in [3.05, 3.63) is 96.5 Å². The Hall–Kier alpha value is -1.52. The second-order valence-electron chi connectivity index (χ2n) is 7.37. The molecule has 0 aliphatic carbocycles. The zero-order valence-corrected chi connectivity index (χ0v) is 22.3. The Labute approximate surface area is 220 Å². The van der Waals surface area contributed by atoms with E-state index in [1.807, 2.05) is 24.3 Å². The molecule has 0 bridgehead atoms. The number of halogens is 3. The minimum absolute atomic E-state index is 0.126. The third-order valence-corrected chi connectivity index (χ3v) is 9.57. The number of benzene rings is 3. The van der Waals surface area contributed by atoms with Gasteiger partial charge in [0.2, 0.25) is 10.0 Å². The van der Waals surface area contributed by atoms with Gasteiger partial charge in [0, 0.05) is 23.1 Å². The van der Waals surface area contributed by atoms with E-state index in [1.165, 1.54) is 12.1 Å². The summed E-state index contributed by atoms with van der Waals surface area (Å²) >= 11 is 20.8. The summed E-state index contributed by atoms with van der Waals surface area (Å²) in [7, 11) is -3.71. The van der Waals surface area contributed by atoms with Crippen LogP contribution in [0.4, 0.5) is 0 Å². The fourth-order valence-electron chi connectivity index (χ4n) is 3.31. The van der Waals surface area contributed by atoms with Crippen LogP contribution in [0.1, 0.15) is 11.1 Å². The van der Waals surface area contributed by atoms with Crippen LogP contribution in [-0.4, -0.2) is 25.3 Å². The van der Waals surface area contributed by atoms with Gasteiger partial charge in [-0.2, -0.15) is 11.8 Å². The topological polar surface area (TPSA) is 68.2 Å². The lowest BCUT2D eigenvalue weighted by molar-refractivity contribution is 0.584. The largest absolute Gasteiger partial charge is 0.308 e. The van der Waals surface area contributed by atoms with Gasteiger partial charge in [-0.1, -0.05) is 70.4 Å². The summed E-state index contributed by atoms with van der Waals surface area (Å²) in [5.41, 5.74) is 2.51. The van der Waals surface area contributed by atoms with Gasteiger partial charge in [0.05, 0.1) is 31.7 Å². The first-order valence-electron chi connectivity index (χ1n) is 10.1. The quantitative estimate of drug-likeness (QED) is 0.239. The molecule has 0 radical (unpaired) electrons. The summed E-state index contributed by atoms with van der Waals surface area (Å²) in [4.78, 5) is 12.5. The molecule has 0 amide bonds. The highest BCUT2D eigenvalue weighted by Gasteiger charge is 2.17. The Bertz CT molecular complexity index is 1500. The number of nitrogens with one attached hydrogen (secondary N) is 1. The summed E-state index contributed by atoms with van der Waals surface area (Å²) in [5, 5.41) is 1.58. The second kappa shape index (κ2) is 11.0. The van der Waals surface area contributed by atoms with E-state index in [9.17, 15) is 13.2 Å². The van der Waals surface area contributed by atoms with Crippen molar-refractivity contribution < 1.29 is 8.42 Å². The van der Waals surface area contributed by atoms with Crippen LogP contribution in [0.3, 0.4) is 0 Å². The number of rotatable bonds is 9. The number of hydrogen-bond donors (Lipinski definition) is 1. The van der Waals surface area contributed by atoms with Crippen molar-refractivity contribution >= 4 is 78.1 Å². The summed E-state index contributed by atoms with van der Waals surface area (Å²) in [6.45, 7) is 0.592. The van der Waals surface area contributed by atoms with E-state index in [4.69, 9.17) is 34.8 Å². The molecule has 0 spiro atoms. The Kier molecular flexibility index (Phi) is 8.30. The molecular formula is C23H19Cl3N2O3S3. The lowest BCUT2D eigenvalue weighted by Crippen LogP contribution is -2.26. The third-order valence-electron chi connectivity index (χ3n) is 5.03. The minimum atomic E-state index is -3.71. The van der Waals surface area contributed by atoms with E-state index in [1.54, 1.807) is 40.6 Å². The molecule has 3 aromatic carbocycles. The predicted molar refractivity (Wildman–Crippen MR) is 144 cm³/mol. The zero-order chi connectivity index (χ0) is 24.3. The normalized spacial score (nSPS) is 11.9. The molecular weight excluding hydrogens is 555 g/mol. The number of sulfonamides is 1. The maximum absolute atomic E-state index is 12.8. The number of fused-ring (bicyclic) bond motifs is 1.